The first-order valence-electron chi connectivity index (χ1n) is 9.73. The third-order valence-corrected chi connectivity index (χ3v) is 4.11. The number of nitrogens with two attached hydrogens (primary N) is 1. The van der Waals surface area contributed by atoms with Gasteiger partial charge in [0.25, 0.3) is 0 Å². The summed E-state index contributed by atoms with van der Waals surface area (Å²) in [6, 6.07) is 15.7. The summed E-state index contributed by atoms with van der Waals surface area (Å²) in [5.74, 6) is -0.500. The number of nitrogens with one attached hydrogen (secondary N) is 2. The SMILES string of the molecule is COCCOCCOCC(=O)Nc1ccc(C[C@H](N)C(=O)Nc2ccccc2)cc1. The van der Waals surface area contributed by atoms with Gasteiger partial charge in [0.1, 0.15) is 6.61 Å². The van der Waals surface area contributed by atoms with Gasteiger partial charge in [0.15, 0.2) is 0 Å². The van der Waals surface area contributed by atoms with Crippen molar-refractivity contribution in [1.82, 2.24) is 0 Å². The Kier molecular flexibility index (Phi) is 10.5. The number of anilines is 2. The van der Waals surface area contributed by atoms with E-state index in [4.69, 9.17) is 19.9 Å². The van der Waals surface area contributed by atoms with E-state index in [1.165, 1.54) is 0 Å². The zero-order valence-corrected chi connectivity index (χ0v) is 17.1. The topological polar surface area (TPSA) is 112 Å². The van der Waals surface area contributed by atoms with Crippen molar-refractivity contribution in [2.24, 2.45) is 5.73 Å². The minimum Gasteiger partial charge on any atom is -0.382 e. The number of benzene rings is 2. The van der Waals surface area contributed by atoms with Crippen LogP contribution in [0.1, 0.15) is 5.56 Å². The number of rotatable bonds is 13. The van der Waals surface area contributed by atoms with E-state index in [9.17, 15) is 9.59 Å². The van der Waals surface area contributed by atoms with E-state index in [0.717, 1.165) is 5.56 Å². The molecule has 2 amide bonds. The van der Waals surface area contributed by atoms with Gasteiger partial charge in [0, 0.05) is 18.5 Å². The molecule has 2 rings (SSSR count). The lowest BCUT2D eigenvalue weighted by Crippen LogP contribution is -2.37. The number of hydrogen-bond acceptors (Lipinski definition) is 6. The van der Waals surface area contributed by atoms with Gasteiger partial charge in [-0.1, -0.05) is 30.3 Å². The first-order valence-corrected chi connectivity index (χ1v) is 9.73. The standard InChI is InChI=1S/C22H29N3O5/c1-28-11-12-29-13-14-30-16-21(26)24-19-9-7-17(8-10-19)15-20(23)22(27)25-18-5-3-2-4-6-18/h2-10,20H,11-16,23H2,1H3,(H,24,26)(H,25,27)/t20-/m0/s1. The highest BCUT2D eigenvalue weighted by atomic mass is 16.5. The Bertz CT molecular complexity index is 768. The van der Waals surface area contributed by atoms with Gasteiger partial charge in [-0.05, 0) is 36.2 Å². The smallest absolute Gasteiger partial charge is 0.250 e. The molecule has 0 aliphatic heterocycles. The van der Waals surface area contributed by atoms with Gasteiger partial charge >= 0.3 is 0 Å². The van der Waals surface area contributed by atoms with E-state index >= 15 is 0 Å². The lowest BCUT2D eigenvalue weighted by atomic mass is 10.1. The van der Waals surface area contributed by atoms with Crippen LogP contribution in [0.3, 0.4) is 0 Å². The monoisotopic (exact) mass is 415 g/mol. The maximum absolute atomic E-state index is 12.2. The quantitative estimate of drug-likeness (QED) is 0.430. The normalized spacial score (nSPS) is 11.7. The van der Waals surface area contributed by atoms with Crippen LogP contribution in [0, 0.1) is 0 Å². The summed E-state index contributed by atoms with van der Waals surface area (Å²) in [6.45, 7) is 1.71. The van der Waals surface area contributed by atoms with Crippen molar-refractivity contribution in [1.29, 1.82) is 0 Å². The molecule has 0 unspecified atom stereocenters. The zero-order valence-electron chi connectivity index (χ0n) is 17.1. The summed E-state index contributed by atoms with van der Waals surface area (Å²) >= 11 is 0. The molecule has 8 heteroatoms. The van der Waals surface area contributed by atoms with Crippen LogP contribution < -0.4 is 16.4 Å². The fourth-order valence-electron chi connectivity index (χ4n) is 2.55. The molecule has 0 fully saturated rings. The first kappa shape index (κ1) is 23.5. The molecule has 0 aliphatic carbocycles. The Labute approximate surface area is 176 Å². The van der Waals surface area contributed by atoms with Crippen LogP contribution in [0.15, 0.2) is 54.6 Å². The number of para-hydroxylation sites is 1. The van der Waals surface area contributed by atoms with Gasteiger partial charge in [-0.2, -0.15) is 0 Å². The molecule has 4 N–H and O–H groups in total. The second kappa shape index (κ2) is 13.4. The Balaban J connectivity index is 1.68. The Morgan fingerprint density at radius 3 is 2.20 bits per heavy atom. The molecule has 0 bridgehead atoms. The van der Waals surface area contributed by atoms with Crippen molar-refractivity contribution in [3.8, 4) is 0 Å². The largest absolute Gasteiger partial charge is 0.382 e. The fourth-order valence-corrected chi connectivity index (χ4v) is 2.55. The number of ether oxygens (including phenoxy) is 3. The summed E-state index contributed by atoms with van der Waals surface area (Å²) < 4.78 is 15.4. The third-order valence-electron chi connectivity index (χ3n) is 4.11. The molecule has 1 atom stereocenters. The minimum atomic E-state index is -0.676. The van der Waals surface area contributed by atoms with E-state index in [-0.39, 0.29) is 18.4 Å². The number of methoxy groups -OCH3 is 1. The molecule has 0 radical (unpaired) electrons. The van der Waals surface area contributed by atoms with Gasteiger partial charge in [0.2, 0.25) is 11.8 Å². The molecule has 8 nitrogen and oxygen atoms in total. The van der Waals surface area contributed by atoms with Gasteiger partial charge in [-0.3, -0.25) is 9.59 Å². The van der Waals surface area contributed by atoms with Crippen molar-refractivity contribution < 1.29 is 23.8 Å². The van der Waals surface area contributed by atoms with Crippen molar-refractivity contribution in [3.05, 3.63) is 60.2 Å². The van der Waals surface area contributed by atoms with Gasteiger partial charge < -0.3 is 30.6 Å². The Morgan fingerprint density at radius 1 is 0.867 bits per heavy atom. The lowest BCUT2D eigenvalue weighted by Gasteiger charge is -2.13. The molecule has 0 saturated carbocycles. The first-order chi connectivity index (χ1) is 14.6. The van der Waals surface area contributed by atoms with Crippen molar-refractivity contribution >= 4 is 23.2 Å². The minimum absolute atomic E-state index is 0.0556. The summed E-state index contributed by atoms with van der Waals surface area (Å²) in [6.07, 6.45) is 0.388. The number of amides is 2. The molecule has 0 heterocycles. The van der Waals surface area contributed by atoms with Crippen molar-refractivity contribution in [2.45, 2.75) is 12.5 Å². The molecule has 0 saturated heterocycles. The van der Waals surface area contributed by atoms with Gasteiger partial charge in [0.05, 0.1) is 32.5 Å². The predicted molar refractivity (Wildman–Crippen MR) is 115 cm³/mol. The van der Waals surface area contributed by atoms with E-state index in [2.05, 4.69) is 10.6 Å². The van der Waals surface area contributed by atoms with Crippen LogP contribution in [0.25, 0.3) is 0 Å². The van der Waals surface area contributed by atoms with Crippen LogP contribution in [-0.4, -0.2) is 58.0 Å². The highest BCUT2D eigenvalue weighted by molar-refractivity contribution is 5.95. The molecular weight excluding hydrogens is 386 g/mol. The molecule has 30 heavy (non-hydrogen) atoms. The molecule has 2 aromatic rings. The maximum Gasteiger partial charge on any atom is 0.250 e. The Hall–Kier alpha value is -2.78. The molecule has 0 spiro atoms. The van der Waals surface area contributed by atoms with Crippen LogP contribution in [-0.2, 0) is 30.2 Å². The average molecular weight is 415 g/mol. The number of carbonyl (C=O) groups excluding carboxylic acids is 2. The summed E-state index contributed by atoms with van der Waals surface area (Å²) in [4.78, 5) is 24.1. The van der Waals surface area contributed by atoms with Crippen LogP contribution >= 0.6 is 0 Å². The predicted octanol–water partition coefficient (Wildman–Crippen LogP) is 1.81. The van der Waals surface area contributed by atoms with E-state index in [1.54, 1.807) is 31.4 Å². The highest BCUT2D eigenvalue weighted by Gasteiger charge is 2.14. The second-order valence-corrected chi connectivity index (χ2v) is 6.57. The molecule has 2 aromatic carbocycles. The highest BCUT2D eigenvalue weighted by Crippen LogP contribution is 2.12. The zero-order chi connectivity index (χ0) is 21.6. The lowest BCUT2D eigenvalue weighted by molar-refractivity contribution is -0.121. The van der Waals surface area contributed by atoms with Crippen molar-refractivity contribution in [2.75, 3.05) is 50.8 Å². The van der Waals surface area contributed by atoms with E-state index in [1.807, 2.05) is 30.3 Å². The molecule has 0 aliphatic rings. The van der Waals surface area contributed by atoms with E-state index in [0.29, 0.717) is 44.2 Å². The second-order valence-electron chi connectivity index (χ2n) is 6.57. The average Bonchev–Trinajstić information content (AvgIpc) is 2.75. The molecular formula is C22H29N3O5. The van der Waals surface area contributed by atoms with E-state index < -0.39 is 6.04 Å². The summed E-state index contributed by atoms with van der Waals surface area (Å²) in [5, 5.41) is 5.54. The van der Waals surface area contributed by atoms with Crippen LogP contribution in [0.5, 0.6) is 0 Å². The maximum atomic E-state index is 12.2. The summed E-state index contributed by atoms with van der Waals surface area (Å²) in [7, 11) is 1.61. The third kappa shape index (κ3) is 9.15. The number of hydrogen-bond donors (Lipinski definition) is 3. The van der Waals surface area contributed by atoms with Crippen molar-refractivity contribution in [3.63, 3.8) is 0 Å². The Morgan fingerprint density at radius 2 is 1.50 bits per heavy atom. The van der Waals surface area contributed by atoms with Gasteiger partial charge in [-0.15, -0.1) is 0 Å². The molecule has 0 aromatic heterocycles. The van der Waals surface area contributed by atoms with Gasteiger partial charge in [-0.25, -0.2) is 0 Å². The summed E-state index contributed by atoms with van der Waals surface area (Å²) in [5.41, 5.74) is 8.26. The number of carbonyl (C=O) groups is 2. The fraction of sp³-hybridized carbons (Fsp3) is 0.364. The van der Waals surface area contributed by atoms with Crippen LogP contribution in [0.4, 0.5) is 11.4 Å². The van der Waals surface area contributed by atoms with Crippen LogP contribution in [0.2, 0.25) is 0 Å². The molecule has 162 valence electrons.